The monoisotopic (exact) mass is 319 g/mol. The number of rotatable bonds is 4. The molecular formula is C12H12F3N3O2S. The molecule has 0 spiro atoms. The van der Waals surface area contributed by atoms with E-state index in [-0.39, 0.29) is 21.6 Å². The zero-order valence-electron chi connectivity index (χ0n) is 11.2. The smallest absolute Gasteiger partial charge is 0.431 e. The quantitative estimate of drug-likeness (QED) is 0.876. The van der Waals surface area contributed by atoms with Gasteiger partial charge in [-0.15, -0.1) is 10.2 Å². The highest BCUT2D eigenvalue weighted by molar-refractivity contribution is 7.99. The zero-order valence-corrected chi connectivity index (χ0v) is 12.0. The molecule has 0 saturated carbocycles. The van der Waals surface area contributed by atoms with Gasteiger partial charge in [0.05, 0.1) is 0 Å². The number of fused-ring (bicyclic) bond motifs is 1. The van der Waals surface area contributed by atoms with Crippen LogP contribution in [-0.4, -0.2) is 30.9 Å². The molecule has 0 radical (unpaired) electrons. The van der Waals surface area contributed by atoms with Gasteiger partial charge in [-0.2, -0.15) is 13.2 Å². The van der Waals surface area contributed by atoms with E-state index in [1.807, 2.05) is 13.8 Å². The van der Waals surface area contributed by atoms with Crippen LogP contribution in [0.15, 0.2) is 17.3 Å². The number of aromatic nitrogens is 3. The number of carboxylic acid groups (broad SMARTS) is 1. The molecule has 2 heterocycles. The van der Waals surface area contributed by atoms with Crippen molar-refractivity contribution >= 4 is 23.4 Å². The lowest BCUT2D eigenvalue weighted by atomic mass is 10.2. The maximum atomic E-state index is 13.1. The van der Waals surface area contributed by atoms with E-state index >= 15 is 0 Å². The van der Waals surface area contributed by atoms with Crippen molar-refractivity contribution in [3.05, 3.63) is 23.4 Å². The van der Waals surface area contributed by atoms with Gasteiger partial charge < -0.3 is 5.11 Å². The number of carbonyl (C=O) groups is 1. The molecule has 0 fully saturated rings. The first-order chi connectivity index (χ1) is 9.75. The van der Waals surface area contributed by atoms with Crippen LogP contribution in [0.2, 0.25) is 0 Å². The molecular weight excluding hydrogens is 307 g/mol. The number of aromatic carboxylic acids is 1. The minimum absolute atomic E-state index is 0.0342. The summed E-state index contributed by atoms with van der Waals surface area (Å²) in [4.78, 5) is 11.1. The molecule has 2 aromatic rings. The molecule has 2 rings (SSSR count). The van der Waals surface area contributed by atoms with Crippen molar-refractivity contribution in [1.82, 2.24) is 14.6 Å². The topological polar surface area (TPSA) is 67.5 Å². The average molecular weight is 319 g/mol. The molecule has 1 unspecified atom stereocenters. The summed E-state index contributed by atoms with van der Waals surface area (Å²) >= 11 is 1.13. The van der Waals surface area contributed by atoms with Gasteiger partial charge in [0.25, 0.3) is 0 Å². The highest BCUT2D eigenvalue weighted by Crippen LogP contribution is 2.34. The summed E-state index contributed by atoms with van der Waals surface area (Å²) in [5.74, 6) is -1.35. The average Bonchev–Trinajstić information content (AvgIpc) is 2.80. The number of alkyl halides is 3. The van der Waals surface area contributed by atoms with Gasteiger partial charge in [0.2, 0.25) is 0 Å². The van der Waals surface area contributed by atoms with Crippen molar-refractivity contribution in [3.8, 4) is 0 Å². The summed E-state index contributed by atoms with van der Waals surface area (Å²) < 4.78 is 40.0. The van der Waals surface area contributed by atoms with Gasteiger partial charge in [-0.1, -0.05) is 25.6 Å². The Morgan fingerprint density at radius 1 is 1.43 bits per heavy atom. The first-order valence-corrected chi connectivity index (χ1v) is 6.99. The molecule has 0 bridgehead atoms. The number of hydrogen-bond acceptors (Lipinski definition) is 4. The van der Waals surface area contributed by atoms with Crippen molar-refractivity contribution in [1.29, 1.82) is 0 Å². The van der Waals surface area contributed by atoms with Gasteiger partial charge >= 0.3 is 12.1 Å². The fraction of sp³-hybridized carbons (Fsp3) is 0.417. The van der Waals surface area contributed by atoms with Crippen LogP contribution in [0.5, 0.6) is 0 Å². The third-order valence-corrected chi connectivity index (χ3v) is 4.14. The van der Waals surface area contributed by atoms with Crippen molar-refractivity contribution < 1.29 is 23.1 Å². The number of pyridine rings is 1. The van der Waals surface area contributed by atoms with Gasteiger partial charge in [0.1, 0.15) is 11.3 Å². The number of nitrogens with zero attached hydrogens (tertiary/aromatic N) is 3. The second-order valence-corrected chi connectivity index (χ2v) is 5.82. The number of carboxylic acids is 1. The number of thioether (sulfide) groups is 1. The Kier molecular flexibility index (Phi) is 4.13. The van der Waals surface area contributed by atoms with E-state index in [9.17, 15) is 18.0 Å². The Hall–Kier alpha value is -1.77. The normalized spacial score (nSPS) is 13.6. The third kappa shape index (κ3) is 2.97. The molecule has 0 aliphatic rings. The van der Waals surface area contributed by atoms with Crippen LogP contribution in [-0.2, 0) is 6.18 Å². The molecule has 0 aliphatic carbocycles. The molecule has 0 aliphatic heterocycles. The van der Waals surface area contributed by atoms with E-state index < -0.39 is 17.8 Å². The predicted molar refractivity (Wildman–Crippen MR) is 70.6 cm³/mol. The van der Waals surface area contributed by atoms with Gasteiger partial charge in [0.15, 0.2) is 10.8 Å². The summed E-state index contributed by atoms with van der Waals surface area (Å²) in [7, 11) is 0. The minimum Gasteiger partial charge on any atom is -0.478 e. The summed E-state index contributed by atoms with van der Waals surface area (Å²) in [5.41, 5.74) is -1.60. The van der Waals surface area contributed by atoms with Gasteiger partial charge in [-0.3, -0.25) is 4.40 Å². The molecule has 21 heavy (non-hydrogen) atoms. The van der Waals surface area contributed by atoms with Crippen LogP contribution < -0.4 is 0 Å². The van der Waals surface area contributed by atoms with Crippen molar-refractivity contribution in [3.63, 3.8) is 0 Å². The summed E-state index contributed by atoms with van der Waals surface area (Å²) in [5, 5.41) is 16.4. The van der Waals surface area contributed by atoms with Gasteiger partial charge in [-0.25, -0.2) is 4.79 Å². The van der Waals surface area contributed by atoms with E-state index in [1.165, 1.54) is 0 Å². The lowest BCUT2D eigenvalue weighted by molar-refractivity contribution is -0.142. The molecule has 5 nitrogen and oxygen atoms in total. The first kappa shape index (κ1) is 15.6. The lowest BCUT2D eigenvalue weighted by Crippen LogP contribution is -2.14. The lowest BCUT2D eigenvalue weighted by Gasteiger charge is -2.13. The number of hydrogen-bond donors (Lipinski definition) is 1. The second-order valence-electron chi connectivity index (χ2n) is 4.41. The fourth-order valence-corrected chi connectivity index (χ4v) is 2.61. The highest BCUT2D eigenvalue weighted by atomic mass is 32.2. The van der Waals surface area contributed by atoms with Crippen molar-refractivity contribution in [2.75, 3.05) is 0 Å². The first-order valence-electron chi connectivity index (χ1n) is 6.11. The van der Waals surface area contributed by atoms with Gasteiger partial charge in [0, 0.05) is 5.25 Å². The van der Waals surface area contributed by atoms with E-state index in [4.69, 9.17) is 5.11 Å². The SMILES string of the molecule is CCC(C)Sc1nnc2c(C(=O)O)ccc(C(F)(F)F)n12. The molecule has 1 atom stereocenters. The molecule has 2 aromatic heterocycles. The zero-order chi connectivity index (χ0) is 15.8. The van der Waals surface area contributed by atoms with E-state index in [1.54, 1.807) is 0 Å². The van der Waals surface area contributed by atoms with E-state index in [2.05, 4.69) is 10.2 Å². The molecule has 0 aromatic carbocycles. The van der Waals surface area contributed by atoms with Gasteiger partial charge in [-0.05, 0) is 18.6 Å². The summed E-state index contributed by atoms with van der Waals surface area (Å²) in [6, 6.07) is 1.63. The molecule has 0 saturated heterocycles. The standard InChI is InChI=1S/C12H12F3N3O2S/c1-3-6(2)21-11-17-16-9-7(10(19)20)4-5-8(18(9)11)12(13,14)15/h4-6H,3H2,1-2H3,(H,19,20). The Morgan fingerprint density at radius 3 is 2.62 bits per heavy atom. The minimum atomic E-state index is -4.62. The van der Waals surface area contributed by atoms with Crippen LogP contribution in [0.1, 0.15) is 36.3 Å². The molecule has 1 N–H and O–H groups in total. The molecule has 114 valence electrons. The predicted octanol–water partition coefficient (Wildman–Crippen LogP) is 3.34. The number of halogens is 3. The van der Waals surface area contributed by atoms with E-state index in [0.717, 1.165) is 34.7 Å². The van der Waals surface area contributed by atoms with Crippen LogP contribution in [0.4, 0.5) is 13.2 Å². The molecule has 0 amide bonds. The Labute approximate surface area is 122 Å². The van der Waals surface area contributed by atoms with Crippen LogP contribution in [0, 0.1) is 0 Å². The third-order valence-electron chi connectivity index (χ3n) is 2.93. The highest BCUT2D eigenvalue weighted by Gasteiger charge is 2.36. The van der Waals surface area contributed by atoms with Crippen LogP contribution >= 0.6 is 11.8 Å². The van der Waals surface area contributed by atoms with Crippen molar-refractivity contribution in [2.24, 2.45) is 0 Å². The maximum absolute atomic E-state index is 13.1. The largest absolute Gasteiger partial charge is 0.478 e. The Bertz CT molecular complexity index is 684. The second kappa shape index (κ2) is 5.55. The summed E-state index contributed by atoms with van der Waals surface area (Å²) in [6.45, 7) is 3.74. The summed E-state index contributed by atoms with van der Waals surface area (Å²) in [6.07, 6.45) is -3.89. The molecule has 9 heteroatoms. The van der Waals surface area contributed by atoms with Crippen molar-refractivity contribution in [2.45, 2.75) is 36.9 Å². The Balaban J connectivity index is 2.72. The maximum Gasteiger partial charge on any atom is 0.431 e. The fourth-order valence-electron chi connectivity index (χ4n) is 1.70. The van der Waals surface area contributed by atoms with Crippen LogP contribution in [0.25, 0.3) is 5.65 Å². The van der Waals surface area contributed by atoms with Crippen LogP contribution in [0.3, 0.4) is 0 Å². The Morgan fingerprint density at radius 2 is 2.10 bits per heavy atom. The van der Waals surface area contributed by atoms with E-state index in [0.29, 0.717) is 0 Å².